The van der Waals surface area contributed by atoms with Gasteiger partial charge in [-0.05, 0) is 37.1 Å². The first-order chi connectivity index (χ1) is 12.2. The highest BCUT2D eigenvalue weighted by molar-refractivity contribution is 7.99. The third-order valence-corrected chi connectivity index (χ3v) is 4.94. The van der Waals surface area contributed by atoms with Crippen molar-refractivity contribution in [3.63, 3.8) is 0 Å². The predicted octanol–water partition coefficient (Wildman–Crippen LogP) is 3.96. The topological polar surface area (TPSA) is 75.0 Å². The summed E-state index contributed by atoms with van der Waals surface area (Å²) in [5.41, 5.74) is 2.28. The van der Waals surface area contributed by atoms with Gasteiger partial charge in [0.25, 0.3) is 0 Å². The number of nitriles is 1. The SMILES string of the molecule is COc1ccccc1NC(=O)CCSc1nc(C2CC2)ccc1C#N. The summed E-state index contributed by atoms with van der Waals surface area (Å²) >= 11 is 1.45. The van der Waals surface area contributed by atoms with Crippen molar-refractivity contribution in [3.05, 3.63) is 47.7 Å². The Morgan fingerprint density at radius 2 is 2.16 bits per heavy atom. The third-order valence-electron chi connectivity index (χ3n) is 3.95. The van der Waals surface area contributed by atoms with E-state index < -0.39 is 0 Å². The molecule has 1 heterocycles. The number of para-hydroxylation sites is 2. The van der Waals surface area contributed by atoms with Crippen LogP contribution in [0.15, 0.2) is 41.4 Å². The minimum atomic E-state index is -0.0890. The van der Waals surface area contributed by atoms with E-state index >= 15 is 0 Å². The Bertz CT molecular complexity index is 813. The number of benzene rings is 1. The number of nitrogens with zero attached hydrogens (tertiary/aromatic N) is 2. The summed E-state index contributed by atoms with van der Waals surface area (Å²) in [6.45, 7) is 0. The minimum Gasteiger partial charge on any atom is -0.495 e. The van der Waals surface area contributed by atoms with Gasteiger partial charge in [0.2, 0.25) is 5.91 Å². The van der Waals surface area contributed by atoms with E-state index in [1.807, 2.05) is 24.3 Å². The van der Waals surface area contributed by atoms with E-state index in [4.69, 9.17) is 4.74 Å². The zero-order valence-electron chi connectivity index (χ0n) is 14.0. The number of hydrogen-bond donors (Lipinski definition) is 1. The van der Waals surface area contributed by atoms with Crippen molar-refractivity contribution in [1.29, 1.82) is 5.26 Å². The number of aromatic nitrogens is 1. The van der Waals surface area contributed by atoms with Gasteiger partial charge in [-0.2, -0.15) is 5.26 Å². The van der Waals surface area contributed by atoms with Crippen molar-refractivity contribution < 1.29 is 9.53 Å². The maximum absolute atomic E-state index is 12.1. The molecule has 3 rings (SSSR count). The summed E-state index contributed by atoms with van der Waals surface area (Å²) in [5, 5.41) is 12.8. The number of methoxy groups -OCH3 is 1. The lowest BCUT2D eigenvalue weighted by atomic mass is 10.2. The molecule has 0 unspecified atom stereocenters. The number of carbonyl (C=O) groups is 1. The number of pyridine rings is 1. The Labute approximate surface area is 151 Å². The monoisotopic (exact) mass is 353 g/mol. The Morgan fingerprint density at radius 1 is 1.36 bits per heavy atom. The number of ether oxygens (including phenoxy) is 1. The van der Waals surface area contributed by atoms with Crippen LogP contribution in [-0.4, -0.2) is 23.8 Å². The van der Waals surface area contributed by atoms with Gasteiger partial charge < -0.3 is 10.1 Å². The van der Waals surface area contributed by atoms with Crippen molar-refractivity contribution >= 4 is 23.4 Å². The van der Waals surface area contributed by atoms with Crippen molar-refractivity contribution in [2.75, 3.05) is 18.2 Å². The second-order valence-corrected chi connectivity index (χ2v) is 6.91. The summed E-state index contributed by atoms with van der Waals surface area (Å²) in [6, 6.07) is 13.3. The van der Waals surface area contributed by atoms with Gasteiger partial charge in [0.05, 0.1) is 18.4 Å². The number of amides is 1. The molecule has 6 heteroatoms. The largest absolute Gasteiger partial charge is 0.495 e. The zero-order valence-corrected chi connectivity index (χ0v) is 14.8. The van der Waals surface area contributed by atoms with Crippen LogP contribution in [0.1, 0.15) is 36.4 Å². The summed E-state index contributed by atoms with van der Waals surface area (Å²) in [4.78, 5) is 16.7. The van der Waals surface area contributed by atoms with Gasteiger partial charge in [-0.1, -0.05) is 12.1 Å². The van der Waals surface area contributed by atoms with E-state index in [0.29, 0.717) is 35.1 Å². The van der Waals surface area contributed by atoms with E-state index in [1.54, 1.807) is 19.2 Å². The smallest absolute Gasteiger partial charge is 0.225 e. The van der Waals surface area contributed by atoms with Gasteiger partial charge in [0, 0.05) is 23.8 Å². The molecule has 128 valence electrons. The van der Waals surface area contributed by atoms with Crippen LogP contribution in [0.3, 0.4) is 0 Å². The number of hydrogen-bond acceptors (Lipinski definition) is 5. The molecule has 1 fully saturated rings. The molecule has 0 radical (unpaired) electrons. The first-order valence-corrected chi connectivity index (χ1v) is 9.16. The number of thioether (sulfide) groups is 1. The molecule has 0 spiro atoms. The first-order valence-electron chi connectivity index (χ1n) is 8.18. The lowest BCUT2D eigenvalue weighted by molar-refractivity contribution is -0.115. The molecule has 0 bridgehead atoms. The van der Waals surface area contributed by atoms with Gasteiger partial charge in [-0.25, -0.2) is 4.98 Å². The van der Waals surface area contributed by atoms with Gasteiger partial charge in [0.1, 0.15) is 16.8 Å². The maximum atomic E-state index is 12.1. The van der Waals surface area contributed by atoms with Crippen molar-refractivity contribution in [2.24, 2.45) is 0 Å². The molecule has 1 amide bonds. The van der Waals surface area contributed by atoms with Gasteiger partial charge in [-0.3, -0.25) is 4.79 Å². The molecule has 25 heavy (non-hydrogen) atoms. The normalized spacial score (nSPS) is 13.1. The fourth-order valence-corrected chi connectivity index (χ4v) is 3.38. The summed E-state index contributed by atoms with van der Waals surface area (Å²) in [7, 11) is 1.57. The van der Waals surface area contributed by atoms with Crippen LogP contribution >= 0.6 is 11.8 Å². The fourth-order valence-electron chi connectivity index (χ4n) is 2.46. The summed E-state index contributed by atoms with van der Waals surface area (Å²) in [6.07, 6.45) is 2.68. The molecule has 0 aliphatic heterocycles. The number of anilines is 1. The van der Waals surface area contributed by atoms with Gasteiger partial charge >= 0.3 is 0 Å². The van der Waals surface area contributed by atoms with Crippen LogP contribution in [0.5, 0.6) is 5.75 Å². The second-order valence-electron chi connectivity index (χ2n) is 5.82. The fraction of sp³-hybridized carbons (Fsp3) is 0.316. The molecule has 1 aliphatic carbocycles. The Hall–Kier alpha value is -2.52. The second kappa shape index (κ2) is 8.04. The Kier molecular flexibility index (Phi) is 5.56. The summed E-state index contributed by atoms with van der Waals surface area (Å²) in [5.74, 6) is 1.65. The minimum absolute atomic E-state index is 0.0890. The number of rotatable bonds is 7. The molecule has 0 atom stereocenters. The molecule has 1 N–H and O–H groups in total. The Balaban J connectivity index is 1.56. The molecular weight excluding hydrogens is 334 g/mol. The molecule has 2 aromatic rings. The molecule has 5 nitrogen and oxygen atoms in total. The standard InChI is InChI=1S/C19H19N3O2S/c1-24-17-5-3-2-4-16(17)21-18(23)10-11-25-19-14(12-20)8-9-15(22-19)13-6-7-13/h2-5,8-9,13H,6-7,10-11H2,1H3,(H,21,23). The van der Waals surface area contributed by atoms with Crippen LogP contribution in [0.4, 0.5) is 5.69 Å². The highest BCUT2D eigenvalue weighted by atomic mass is 32.2. The zero-order chi connectivity index (χ0) is 17.6. The average Bonchev–Trinajstić information content (AvgIpc) is 3.47. The van der Waals surface area contributed by atoms with Crippen LogP contribution in [-0.2, 0) is 4.79 Å². The van der Waals surface area contributed by atoms with E-state index in [-0.39, 0.29) is 5.91 Å². The quantitative estimate of drug-likeness (QED) is 0.763. The highest BCUT2D eigenvalue weighted by Gasteiger charge is 2.25. The van der Waals surface area contributed by atoms with Crippen molar-refractivity contribution in [3.8, 4) is 11.8 Å². The predicted molar refractivity (Wildman–Crippen MR) is 97.9 cm³/mol. The van der Waals surface area contributed by atoms with E-state index in [2.05, 4.69) is 16.4 Å². The lowest BCUT2D eigenvalue weighted by Gasteiger charge is -2.10. The van der Waals surface area contributed by atoms with Crippen molar-refractivity contribution in [1.82, 2.24) is 4.98 Å². The van der Waals surface area contributed by atoms with E-state index in [0.717, 1.165) is 10.7 Å². The van der Waals surface area contributed by atoms with E-state index in [9.17, 15) is 10.1 Å². The van der Waals surface area contributed by atoms with Crippen LogP contribution < -0.4 is 10.1 Å². The van der Waals surface area contributed by atoms with Crippen LogP contribution in [0.25, 0.3) is 0 Å². The average molecular weight is 353 g/mol. The maximum Gasteiger partial charge on any atom is 0.225 e. The van der Waals surface area contributed by atoms with Crippen LogP contribution in [0.2, 0.25) is 0 Å². The molecule has 1 aliphatic rings. The number of carbonyl (C=O) groups excluding carboxylic acids is 1. The molecule has 1 saturated carbocycles. The van der Waals surface area contributed by atoms with Crippen LogP contribution in [0, 0.1) is 11.3 Å². The highest BCUT2D eigenvalue weighted by Crippen LogP contribution is 2.40. The molecule has 1 aromatic heterocycles. The summed E-state index contributed by atoms with van der Waals surface area (Å²) < 4.78 is 5.23. The van der Waals surface area contributed by atoms with Gasteiger partial charge in [-0.15, -0.1) is 11.8 Å². The molecule has 1 aromatic carbocycles. The lowest BCUT2D eigenvalue weighted by Crippen LogP contribution is -2.13. The first kappa shape index (κ1) is 17.3. The molecular formula is C19H19N3O2S. The Morgan fingerprint density at radius 3 is 2.88 bits per heavy atom. The third kappa shape index (κ3) is 4.52. The molecule has 0 saturated heterocycles. The van der Waals surface area contributed by atoms with Crippen molar-refractivity contribution in [2.45, 2.75) is 30.2 Å². The van der Waals surface area contributed by atoms with E-state index in [1.165, 1.54) is 24.6 Å². The number of nitrogens with one attached hydrogen (secondary N) is 1. The van der Waals surface area contributed by atoms with Gasteiger partial charge in [0.15, 0.2) is 0 Å².